The molecule has 0 saturated heterocycles. The lowest BCUT2D eigenvalue weighted by molar-refractivity contribution is 0.104. The van der Waals surface area contributed by atoms with Gasteiger partial charge in [-0.2, -0.15) is 0 Å². The molecular formula is C17H13ClF2O3. The molecule has 0 fully saturated rings. The van der Waals surface area contributed by atoms with Gasteiger partial charge in [-0.15, -0.1) is 0 Å². The largest absolute Gasteiger partial charge is 0.496 e. The fourth-order valence-electron chi connectivity index (χ4n) is 1.94. The molecule has 0 atom stereocenters. The highest BCUT2D eigenvalue weighted by Gasteiger charge is 2.14. The Morgan fingerprint density at radius 3 is 2.39 bits per heavy atom. The van der Waals surface area contributed by atoms with Crippen LogP contribution in [0.3, 0.4) is 0 Å². The van der Waals surface area contributed by atoms with E-state index in [0.717, 1.165) is 18.2 Å². The van der Waals surface area contributed by atoms with Gasteiger partial charge in [0.1, 0.15) is 23.1 Å². The Balaban J connectivity index is 2.33. The van der Waals surface area contributed by atoms with E-state index in [9.17, 15) is 13.6 Å². The highest BCUT2D eigenvalue weighted by Crippen LogP contribution is 2.33. The second kappa shape index (κ2) is 7.24. The summed E-state index contributed by atoms with van der Waals surface area (Å²) in [6, 6.07) is 5.99. The van der Waals surface area contributed by atoms with Gasteiger partial charge in [-0.25, -0.2) is 8.78 Å². The molecule has 23 heavy (non-hydrogen) atoms. The number of carbonyl (C=O) groups excluding carboxylic acids is 1. The van der Waals surface area contributed by atoms with Gasteiger partial charge in [-0.3, -0.25) is 4.79 Å². The zero-order valence-electron chi connectivity index (χ0n) is 12.4. The number of halogens is 3. The molecular weight excluding hydrogens is 326 g/mol. The van der Waals surface area contributed by atoms with Crippen LogP contribution in [0.15, 0.2) is 36.4 Å². The summed E-state index contributed by atoms with van der Waals surface area (Å²) in [6.45, 7) is 0. The summed E-state index contributed by atoms with van der Waals surface area (Å²) in [5, 5.41) is 0.248. The zero-order valence-corrected chi connectivity index (χ0v) is 13.2. The molecule has 2 aromatic carbocycles. The van der Waals surface area contributed by atoms with Gasteiger partial charge < -0.3 is 9.47 Å². The number of methoxy groups -OCH3 is 2. The Hall–Kier alpha value is -2.40. The molecule has 0 amide bonds. The number of ketones is 1. The summed E-state index contributed by atoms with van der Waals surface area (Å²) in [6.07, 6.45) is 2.42. The summed E-state index contributed by atoms with van der Waals surface area (Å²) in [7, 11) is 2.85. The maximum absolute atomic E-state index is 13.5. The van der Waals surface area contributed by atoms with Crippen LogP contribution in [0.2, 0.25) is 5.02 Å². The fourth-order valence-corrected chi connectivity index (χ4v) is 2.19. The van der Waals surface area contributed by atoms with Gasteiger partial charge in [0.2, 0.25) is 0 Å². The van der Waals surface area contributed by atoms with Crippen molar-refractivity contribution in [2.75, 3.05) is 14.2 Å². The molecule has 0 saturated carbocycles. The predicted molar refractivity (Wildman–Crippen MR) is 84.3 cm³/mol. The van der Waals surface area contributed by atoms with Gasteiger partial charge >= 0.3 is 0 Å². The number of hydrogen-bond acceptors (Lipinski definition) is 3. The summed E-state index contributed by atoms with van der Waals surface area (Å²) in [5.74, 6) is -1.23. The van der Waals surface area contributed by atoms with Crippen LogP contribution in [0.25, 0.3) is 6.08 Å². The molecule has 0 bridgehead atoms. The van der Waals surface area contributed by atoms with E-state index in [2.05, 4.69) is 0 Å². The van der Waals surface area contributed by atoms with Gasteiger partial charge in [0.05, 0.1) is 24.8 Å². The van der Waals surface area contributed by atoms with Gasteiger partial charge in [-0.1, -0.05) is 11.6 Å². The highest BCUT2D eigenvalue weighted by molar-refractivity contribution is 6.32. The normalized spacial score (nSPS) is 10.8. The number of ether oxygens (including phenoxy) is 2. The van der Waals surface area contributed by atoms with Crippen molar-refractivity contribution in [2.24, 2.45) is 0 Å². The number of allylic oxidation sites excluding steroid dienone is 1. The van der Waals surface area contributed by atoms with Crippen molar-refractivity contribution >= 4 is 23.5 Å². The molecule has 2 rings (SSSR count). The maximum atomic E-state index is 13.5. The number of hydrogen-bond donors (Lipinski definition) is 0. The number of carbonyl (C=O) groups is 1. The third-order valence-electron chi connectivity index (χ3n) is 3.12. The van der Waals surface area contributed by atoms with Crippen molar-refractivity contribution in [1.29, 1.82) is 0 Å². The van der Waals surface area contributed by atoms with E-state index in [4.69, 9.17) is 21.1 Å². The Morgan fingerprint density at radius 2 is 1.78 bits per heavy atom. The van der Waals surface area contributed by atoms with E-state index >= 15 is 0 Å². The van der Waals surface area contributed by atoms with Crippen molar-refractivity contribution in [3.63, 3.8) is 0 Å². The Morgan fingerprint density at radius 1 is 1.09 bits per heavy atom. The van der Waals surface area contributed by atoms with E-state index < -0.39 is 17.4 Å². The lowest BCUT2D eigenvalue weighted by Crippen LogP contribution is -2.00. The average Bonchev–Trinajstić information content (AvgIpc) is 2.53. The van der Waals surface area contributed by atoms with E-state index in [-0.39, 0.29) is 21.9 Å². The molecule has 0 N–H and O–H groups in total. The smallest absolute Gasteiger partial charge is 0.189 e. The summed E-state index contributed by atoms with van der Waals surface area (Å²) < 4.78 is 36.6. The lowest BCUT2D eigenvalue weighted by Gasteiger charge is -2.10. The second-order valence-corrected chi connectivity index (χ2v) is 4.96. The van der Waals surface area contributed by atoms with Gasteiger partial charge in [0, 0.05) is 17.7 Å². The first-order valence-corrected chi connectivity index (χ1v) is 6.93. The maximum Gasteiger partial charge on any atom is 0.189 e. The van der Waals surface area contributed by atoms with Crippen LogP contribution in [-0.4, -0.2) is 20.0 Å². The van der Waals surface area contributed by atoms with E-state index in [0.29, 0.717) is 5.75 Å². The van der Waals surface area contributed by atoms with Crippen molar-refractivity contribution in [1.82, 2.24) is 0 Å². The van der Waals surface area contributed by atoms with Crippen molar-refractivity contribution in [3.05, 3.63) is 64.2 Å². The van der Waals surface area contributed by atoms with Gasteiger partial charge in [0.15, 0.2) is 5.78 Å². The van der Waals surface area contributed by atoms with E-state index in [1.54, 1.807) is 0 Å². The Kier molecular flexibility index (Phi) is 5.34. The zero-order chi connectivity index (χ0) is 17.0. The fraction of sp³-hybridized carbons (Fsp3) is 0.118. The predicted octanol–water partition coefficient (Wildman–Crippen LogP) is 4.53. The van der Waals surface area contributed by atoms with E-state index in [1.807, 2.05) is 0 Å². The monoisotopic (exact) mass is 338 g/mol. The molecule has 0 aromatic heterocycles. The van der Waals surface area contributed by atoms with Crippen LogP contribution < -0.4 is 9.47 Å². The molecule has 6 heteroatoms. The van der Waals surface area contributed by atoms with Crippen molar-refractivity contribution in [2.45, 2.75) is 0 Å². The molecule has 0 unspecified atom stereocenters. The molecule has 0 aliphatic heterocycles. The minimum absolute atomic E-state index is 0.0957. The van der Waals surface area contributed by atoms with Crippen LogP contribution in [0.4, 0.5) is 8.78 Å². The second-order valence-electron chi connectivity index (χ2n) is 4.55. The van der Waals surface area contributed by atoms with Crippen LogP contribution in [0.5, 0.6) is 11.5 Å². The minimum atomic E-state index is -0.756. The molecule has 0 heterocycles. The molecule has 3 nitrogen and oxygen atoms in total. The highest BCUT2D eigenvalue weighted by atomic mass is 35.5. The van der Waals surface area contributed by atoms with Crippen molar-refractivity contribution < 1.29 is 23.0 Å². The third kappa shape index (κ3) is 3.87. The SMILES string of the molecule is COc1cc(OC)c(C(=O)/C=C/c2ccc(F)cc2F)cc1Cl. The summed E-state index contributed by atoms with van der Waals surface area (Å²) in [4.78, 5) is 12.3. The first-order valence-electron chi connectivity index (χ1n) is 6.55. The standard InChI is InChI=1S/C17H13ClF2O3/c1-22-16-9-17(23-2)13(18)8-12(16)15(21)6-4-10-3-5-11(19)7-14(10)20/h3-9H,1-2H3/b6-4+. The first-order chi connectivity index (χ1) is 11.0. The minimum Gasteiger partial charge on any atom is -0.496 e. The topological polar surface area (TPSA) is 35.5 Å². The lowest BCUT2D eigenvalue weighted by atomic mass is 10.1. The molecule has 0 radical (unpaired) electrons. The van der Waals surface area contributed by atoms with Crippen LogP contribution in [0.1, 0.15) is 15.9 Å². The Bertz CT molecular complexity index is 773. The van der Waals surface area contributed by atoms with Crippen LogP contribution in [-0.2, 0) is 0 Å². The van der Waals surface area contributed by atoms with Gasteiger partial charge in [0.25, 0.3) is 0 Å². The summed E-state index contributed by atoms with van der Waals surface area (Å²) in [5.41, 5.74) is 0.301. The number of rotatable bonds is 5. The Labute approximate surface area is 137 Å². The van der Waals surface area contributed by atoms with E-state index in [1.165, 1.54) is 38.5 Å². The quantitative estimate of drug-likeness (QED) is 0.593. The summed E-state index contributed by atoms with van der Waals surface area (Å²) >= 11 is 6.00. The van der Waals surface area contributed by atoms with Crippen molar-refractivity contribution in [3.8, 4) is 11.5 Å². The molecule has 120 valence electrons. The molecule has 2 aromatic rings. The first kappa shape index (κ1) is 17.0. The molecule has 0 aliphatic carbocycles. The average molecular weight is 339 g/mol. The number of benzene rings is 2. The van der Waals surface area contributed by atoms with Crippen LogP contribution in [0, 0.1) is 11.6 Å². The molecule has 0 spiro atoms. The van der Waals surface area contributed by atoms with Crippen LogP contribution >= 0.6 is 11.6 Å². The van der Waals surface area contributed by atoms with Gasteiger partial charge in [-0.05, 0) is 30.4 Å². The molecule has 0 aliphatic rings. The third-order valence-corrected chi connectivity index (χ3v) is 3.41.